The number of phosphoric ester groups is 1. The van der Waals surface area contributed by atoms with Gasteiger partial charge >= 0.3 is 19.8 Å². The second-order valence-electron chi connectivity index (χ2n) is 12.8. The van der Waals surface area contributed by atoms with E-state index in [-0.39, 0.29) is 38.6 Å². The number of nitrogens with two attached hydrogens (primary N) is 1. The van der Waals surface area contributed by atoms with Crippen molar-refractivity contribution in [1.82, 2.24) is 0 Å². The molecular formula is C37H72NO8P. The molecule has 47 heavy (non-hydrogen) atoms. The quantitative estimate of drug-likeness (QED) is 0.0285. The Balaban J connectivity index is 4.19. The van der Waals surface area contributed by atoms with Crippen molar-refractivity contribution >= 4 is 19.8 Å². The molecule has 0 aliphatic carbocycles. The van der Waals surface area contributed by atoms with Crippen LogP contribution in [0.15, 0.2) is 12.2 Å². The number of esters is 2. The van der Waals surface area contributed by atoms with E-state index in [2.05, 4.69) is 26.0 Å². The normalized spacial score (nSPS) is 13.5. The van der Waals surface area contributed by atoms with E-state index in [9.17, 15) is 19.0 Å². The van der Waals surface area contributed by atoms with Gasteiger partial charge < -0.3 is 20.1 Å². The van der Waals surface area contributed by atoms with Crippen LogP contribution in [0.1, 0.15) is 181 Å². The van der Waals surface area contributed by atoms with Crippen LogP contribution in [0.3, 0.4) is 0 Å². The molecule has 0 radical (unpaired) electrons. The van der Waals surface area contributed by atoms with E-state index >= 15 is 0 Å². The third kappa shape index (κ3) is 34.4. The lowest BCUT2D eigenvalue weighted by Crippen LogP contribution is -2.29. The Morgan fingerprint density at radius 1 is 0.617 bits per heavy atom. The van der Waals surface area contributed by atoms with Gasteiger partial charge in [-0.05, 0) is 38.5 Å². The molecule has 10 heteroatoms. The first-order valence-electron chi connectivity index (χ1n) is 19.2. The highest BCUT2D eigenvalue weighted by Gasteiger charge is 2.25. The predicted octanol–water partition coefficient (Wildman–Crippen LogP) is 10.3. The number of unbranched alkanes of at least 4 members (excludes halogenated alkanes) is 21. The molecule has 0 fully saturated rings. The van der Waals surface area contributed by atoms with Crippen LogP contribution in [0.25, 0.3) is 0 Å². The van der Waals surface area contributed by atoms with Gasteiger partial charge in [0.15, 0.2) is 6.10 Å². The van der Waals surface area contributed by atoms with E-state index in [4.69, 9.17) is 24.3 Å². The minimum atomic E-state index is -4.36. The van der Waals surface area contributed by atoms with Crippen LogP contribution in [0.5, 0.6) is 0 Å². The zero-order valence-corrected chi connectivity index (χ0v) is 31.2. The summed E-state index contributed by atoms with van der Waals surface area (Å²) in [5.74, 6) is -0.830. The standard InChI is InChI=1S/C37H72NO8P/c1-3-5-7-9-11-13-15-16-17-18-20-21-23-25-27-29-36(39)43-33-35(34-45-47(41,42)44-32-31-38)46-37(40)30-28-26-24-22-19-14-12-10-8-6-4-2/h13,15,35H,3-12,14,16-34,38H2,1-2H3,(H,41,42)/t35-/m1/s1. The van der Waals surface area contributed by atoms with Crippen molar-refractivity contribution in [2.45, 2.75) is 187 Å². The third-order valence-electron chi connectivity index (χ3n) is 8.15. The number of hydrogen-bond acceptors (Lipinski definition) is 8. The molecule has 1 unspecified atom stereocenters. The molecule has 278 valence electrons. The molecule has 0 aliphatic heterocycles. The maximum absolute atomic E-state index is 12.5. The zero-order valence-electron chi connectivity index (χ0n) is 30.3. The molecule has 0 aliphatic rings. The highest BCUT2D eigenvalue weighted by atomic mass is 31.2. The second kappa shape index (κ2) is 34.6. The van der Waals surface area contributed by atoms with Gasteiger partial charge in [-0.1, -0.05) is 142 Å². The Morgan fingerprint density at radius 3 is 1.53 bits per heavy atom. The Hall–Kier alpha value is -1.25. The van der Waals surface area contributed by atoms with Crippen LogP contribution < -0.4 is 5.73 Å². The summed E-state index contributed by atoms with van der Waals surface area (Å²) < 4.78 is 32.6. The Bertz CT molecular complexity index is 794. The largest absolute Gasteiger partial charge is 0.472 e. The molecule has 0 amide bonds. The summed E-state index contributed by atoms with van der Waals surface area (Å²) in [6, 6.07) is 0. The first-order valence-corrected chi connectivity index (χ1v) is 20.7. The number of phosphoric acid groups is 1. The molecule has 2 atom stereocenters. The zero-order chi connectivity index (χ0) is 34.7. The summed E-state index contributed by atoms with van der Waals surface area (Å²) in [4.78, 5) is 34.7. The van der Waals surface area contributed by atoms with Gasteiger partial charge in [-0.15, -0.1) is 0 Å². The van der Waals surface area contributed by atoms with Crippen LogP contribution >= 0.6 is 7.82 Å². The second-order valence-corrected chi connectivity index (χ2v) is 14.3. The molecule has 9 nitrogen and oxygen atoms in total. The average molecular weight is 690 g/mol. The maximum atomic E-state index is 12.5. The molecular weight excluding hydrogens is 617 g/mol. The van der Waals surface area contributed by atoms with Gasteiger partial charge in [-0.25, -0.2) is 4.57 Å². The minimum Gasteiger partial charge on any atom is -0.462 e. The lowest BCUT2D eigenvalue weighted by atomic mass is 10.1. The summed E-state index contributed by atoms with van der Waals surface area (Å²) in [6.45, 7) is 3.71. The first-order chi connectivity index (χ1) is 22.8. The molecule has 0 aromatic carbocycles. The van der Waals surface area contributed by atoms with Crippen LogP contribution in [-0.4, -0.2) is 49.3 Å². The van der Waals surface area contributed by atoms with Crippen LogP contribution in [0.4, 0.5) is 0 Å². The summed E-state index contributed by atoms with van der Waals surface area (Å²) in [5.41, 5.74) is 5.33. The predicted molar refractivity (Wildman–Crippen MR) is 192 cm³/mol. The van der Waals surface area contributed by atoms with Gasteiger partial charge in [0.05, 0.1) is 13.2 Å². The van der Waals surface area contributed by atoms with Gasteiger partial charge in [0, 0.05) is 19.4 Å². The summed E-state index contributed by atoms with van der Waals surface area (Å²) in [7, 11) is -4.36. The van der Waals surface area contributed by atoms with Crippen molar-refractivity contribution in [2.75, 3.05) is 26.4 Å². The number of rotatable bonds is 36. The molecule has 3 N–H and O–H groups in total. The van der Waals surface area contributed by atoms with Crippen molar-refractivity contribution in [3.05, 3.63) is 12.2 Å². The van der Waals surface area contributed by atoms with Gasteiger partial charge in [0.1, 0.15) is 6.61 Å². The van der Waals surface area contributed by atoms with Gasteiger partial charge in [-0.3, -0.25) is 18.6 Å². The average Bonchev–Trinajstić information content (AvgIpc) is 3.05. The van der Waals surface area contributed by atoms with Crippen LogP contribution in [0.2, 0.25) is 0 Å². The van der Waals surface area contributed by atoms with E-state index in [1.54, 1.807) is 0 Å². The lowest BCUT2D eigenvalue weighted by molar-refractivity contribution is -0.161. The van der Waals surface area contributed by atoms with Crippen LogP contribution in [-0.2, 0) is 32.7 Å². The molecule has 0 rings (SSSR count). The highest BCUT2D eigenvalue weighted by Crippen LogP contribution is 2.43. The summed E-state index contributed by atoms with van der Waals surface area (Å²) in [5, 5.41) is 0. The van der Waals surface area contributed by atoms with Gasteiger partial charge in [0.25, 0.3) is 0 Å². The van der Waals surface area contributed by atoms with Crippen molar-refractivity contribution in [3.63, 3.8) is 0 Å². The lowest BCUT2D eigenvalue weighted by Gasteiger charge is -2.19. The molecule has 0 aromatic heterocycles. The fourth-order valence-electron chi connectivity index (χ4n) is 5.28. The number of carbonyl (C=O) groups is 2. The number of ether oxygens (including phenoxy) is 2. The van der Waals surface area contributed by atoms with E-state index in [1.807, 2.05) is 0 Å². The fraction of sp³-hybridized carbons (Fsp3) is 0.892. The van der Waals surface area contributed by atoms with Crippen molar-refractivity contribution < 1.29 is 37.6 Å². The van der Waals surface area contributed by atoms with Gasteiger partial charge in [-0.2, -0.15) is 0 Å². The molecule has 0 aromatic rings. The first kappa shape index (κ1) is 45.8. The van der Waals surface area contributed by atoms with Crippen molar-refractivity contribution in [2.24, 2.45) is 5.73 Å². The maximum Gasteiger partial charge on any atom is 0.472 e. The number of hydrogen-bond donors (Lipinski definition) is 2. The Labute approximate surface area is 288 Å². The monoisotopic (exact) mass is 689 g/mol. The summed E-state index contributed by atoms with van der Waals surface area (Å²) >= 11 is 0. The minimum absolute atomic E-state index is 0.0554. The summed E-state index contributed by atoms with van der Waals surface area (Å²) in [6.07, 6.45) is 32.4. The van der Waals surface area contributed by atoms with Crippen molar-refractivity contribution in [3.8, 4) is 0 Å². The molecule has 0 spiro atoms. The number of allylic oxidation sites excluding steroid dienone is 2. The fourth-order valence-corrected chi connectivity index (χ4v) is 6.04. The highest BCUT2D eigenvalue weighted by molar-refractivity contribution is 7.47. The topological polar surface area (TPSA) is 134 Å². The van der Waals surface area contributed by atoms with E-state index in [0.29, 0.717) is 6.42 Å². The van der Waals surface area contributed by atoms with Gasteiger partial charge in [0.2, 0.25) is 0 Å². The van der Waals surface area contributed by atoms with Crippen molar-refractivity contribution in [1.29, 1.82) is 0 Å². The van der Waals surface area contributed by atoms with E-state index < -0.39 is 26.5 Å². The molecule has 0 bridgehead atoms. The molecule has 0 saturated carbocycles. The Kier molecular flexibility index (Phi) is 33.7. The third-order valence-corrected chi connectivity index (χ3v) is 9.14. The smallest absolute Gasteiger partial charge is 0.462 e. The van der Waals surface area contributed by atoms with E-state index in [1.165, 1.54) is 103 Å². The number of carbonyl (C=O) groups excluding carboxylic acids is 2. The Morgan fingerprint density at radius 2 is 1.04 bits per heavy atom. The SMILES string of the molecule is CCCCCCC=CCCCCCCCCCC(=O)OC[C@H](COP(=O)(O)OCCN)OC(=O)CCCCCCCCCCCCC. The van der Waals surface area contributed by atoms with E-state index in [0.717, 1.165) is 44.9 Å². The molecule has 0 saturated heterocycles. The van der Waals surface area contributed by atoms with Crippen LogP contribution in [0, 0.1) is 0 Å². The molecule has 0 heterocycles.